The third-order valence-corrected chi connectivity index (χ3v) is 6.01. The van der Waals surface area contributed by atoms with Crippen LogP contribution < -0.4 is 5.56 Å². The lowest BCUT2D eigenvalue weighted by molar-refractivity contribution is -0.136. The van der Waals surface area contributed by atoms with E-state index in [9.17, 15) is 9.59 Å². The van der Waals surface area contributed by atoms with Crippen LogP contribution in [0.2, 0.25) is 0 Å². The normalized spacial score (nSPS) is 16.6. The van der Waals surface area contributed by atoms with Gasteiger partial charge < -0.3 is 9.47 Å². The first-order chi connectivity index (χ1) is 14.1. The maximum Gasteiger partial charge on any atom is 0.291 e. The molecule has 0 bridgehead atoms. The van der Waals surface area contributed by atoms with Crippen molar-refractivity contribution in [2.24, 2.45) is 7.05 Å². The second kappa shape index (κ2) is 7.99. The predicted molar refractivity (Wildman–Crippen MR) is 115 cm³/mol. The number of amides is 1. The molecule has 1 amide bonds. The molecule has 0 unspecified atom stereocenters. The lowest BCUT2D eigenvalue weighted by Gasteiger charge is -2.36. The summed E-state index contributed by atoms with van der Waals surface area (Å²) < 4.78 is 3.30. The first-order valence-electron chi connectivity index (χ1n) is 10.5. The standard InChI is InChI=1S/C22H29N5O2/c1-4-10-25-11-13-26(14-12-25)21(28)18(5-2)27-19-9-7-6-8-16(19)17-15-23-24(3)22(29)20(17)27/h6-9,15,18H,4-5,10-14H2,1-3H3/t18-/m0/s1. The Balaban J connectivity index is 1.78. The van der Waals surface area contributed by atoms with Crippen molar-refractivity contribution < 1.29 is 4.79 Å². The van der Waals surface area contributed by atoms with Crippen molar-refractivity contribution in [1.82, 2.24) is 24.1 Å². The molecule has 1 atom stereocenters. The fourth-order valence-electron chi connectivity index (χ4n) is 4.50. The van der Waals surface area contributed by atoms with Gasteiger partial charge in [-0.15, -0.1) is 0 Å². The maximum absolute atomic E-state index is 13.5. The molecule has 3 aromatic rings. The smallest absolute Gasteiger partial charge is 0.291 e. The number of aryl methyl sites for hydroxylation is 1. The Hall–Kier alpha value is -2.67. The highest BCUT2D eigenvalue weighted by Crippen LogP contribution is 2.31. The van der Waals surface area contributed by atoms with Gasteiger partial charge in [-0.25, -0.2) is 4.68 Å². The lowest BCUT2D eigenvalue weighted by atomic mass is 10.1. The van der Waals surface area contributed by atoms with Crippen LogP contribution in [0.5, 0.6) is 0 Å². The minimum Gasteiger partial charge on any atom is -0.338 e. The summed E-state index contributed by atoms with van der Waals surface area (Å²) in [5, 5.41) is 5.98. The molecule has 1 aliphatic heterocycles. The van der Waals surface area contributed by atoms with Crippen LogP contribution >= 0.6 is 0 Å². The van der Waals surface area contributed by atoms with E-state index in [2.05, 4.69) is 16.9 Å². The number of carbonyl (C=O) groups excluding carboxylic acids is 1. The van der Waals surface area contributed by atoms with Crippen LogP contribution in [0.1, 0.15) is 32.7 Å². The van der Waals surface area contributed by atoms with Gasteiger partial charge in [0.2, 0.25) is 5.91 Å². The van der Waals surface area contributed by atoms with E-state index in [0.29, 0.717) is 11.9 Å². The highest BCUT2D eigenvalue weighted by atomic mass is 16.2. The molecular weight excluding hydrogens is 366 g/mol. The Morgan fingerprint density at radius 2 is 1.83 bits per heavy atom. The molecule has 0 N–H and O–H groups in total. The van der Waals surface area contributed by atoms with E-state index in [1.165, 1.54) is 4.68 Å². The van der Waals surface area contributed by atoms with Gasteiger partial charge in [0.05, 0.1) is 11.7 Å². The molecule has 3 heterocycles. The van der Waals surface area contributed by atoms with Crippen molar-refractivity contribution in [3.63, 3.8) is 0 Å². The van der Waals surface area contributed by atoms with Gasteiger partial charge in [-0.1, -0.05) is 32.0 Å². The molecule has 7 heteroatoms. The molecule has 0 radical (unpaired) electrons. The van der Waals surface area contributed by atoms with Gasteiger partial charge in [-0.2, -0.15) is 5.10 Å². The third-order valence-electron chi connectivity index (χ3n) is 6.01. The third kappa shape index (κ3) is 3.33. The summed E-state index contributed by atoms with van der Waals surface area (Å²) in [6, 6.07) is 7.50. The number of benzene rings is 1. The van der Waals surface area contributed by atoms with E-state index in [0.717, 1.165) is 55.4 Å². The van der Waals surface area contributed by atoms with Crippen LogP contribution in [0.3, 0.4) is 0 Å². The van der Waals surface area contributed by atoms with E-state index in [-0.39, 0.29) is 11.5 Å². The Labute approximate surface area is 170 Å². The number of fused-ring (bicyclic) bond motifs is 3. The van der Waals surface area contributed by atoms with Crippen molar-refractivity contribution in [3.05, 3.63) is 40.8 Å². The van der Waals surface area contributed by atoms with Gasteiger partial charge in [0.15, 0.2) is 0 Å². The number of para-hydroxylation sites is 1. The van der Waals surface area contributed by atoms with E-state index >= 15 is 0 Å². The summed E-state index contributed by atoms with van der Waals surface area (Å²) in [6.07, 6.45) is 3.49. The zero-order chi connectivity index (χ0) is 20.5. The molecule has 0 saturated carbocycles. The molecule has 4 rings (SSSR count). The van der Waals surface area contributed by atoms with Gasteiger partial charge in [0.1, 0.15) is 11.6 Å². The van der Waals surface area contributed by atoms with Gasteiger partial charge in [0.25, 0.3) is 5.56 Å². The van der Waals surface area contributed by atoms with Crippen molar-refractivity contribution in [3.8, 4) is 0 Å². The number of hydrogen-bond acceptors (Lipinski definition) is 4. The largest absolute Gasteiger partial charge is 0.338 e. The van der Waals surface area contributed by atoms with E-state index in [4.69, 9.17) is 0 Å². The van der Waals surface area contributed by atoms with Crippen molar-refractivity contribution in [1.29, 1.82) is 0 Å². The highest BCUT2D eigenvalue weighted by Gasteiger charge is 2.30. The number of aromatic nitrogens is 3. The van der Waals surface area contributed by atoms with Crippen LogP contribution in [-0.2, 0) is 11.8 Å². The number of carbonyl (C=O) groups is 1. The SMILES string of the molecule is CCCN1CCN(C(=O)[C@H](CC)n2c3ccccc3c3cnn(C)c(=O)c32)CC1. The topological polar surface area (TPSA) is 63.4 Å². The quantitative estimate of drug-likeness (QED) is 0.666. The van der Waals surface area contributed by atoms with E-state index in [1.807, 2.05) is 40.7 Å². The fraction of sp³-hybridized carbons (Fsp3) is 0.500. The summed E-state index contributed by atoms with van der Waals surface area (Å²) >= 11 is 0. The summed E-state index contributed by atoms with van der Waals surface area (Å²) in [4.78, 5) is 30.9. The first kappa shape index (κ1) is 19.6. The second-order valence-corrected chi connectivity index (χ2v) is 7.81. The van der Waals surface area contributed by atoms with Crippen LogP contribution in [0.4, 0.5) is 0 Å². The van der Waals surface area contributed by atoms with Crippen LogP contribution in [0, 0.1) is 0 Å². The minimum atomic E-state index is -0.398. The molecule has 7 nitrogen and oxygen atoms in total. The first-order valence-corrected chi connectivity index (χ1v) is 10.5. The van der Waals surface area contributed by atoms with E-state index < -0.39 is 6.04 Å². The zero-order valence-corrected chi connectivity index (χ0v) is 17.5. The van der Waals surface area contributed by atoms with Crippen LogP contribution in [0.25, 0.3) is 21.8 Å². The monoisotopic (exact) mass is 395 g/mol. The number of rotatable bonds is 5. The van der Waals surface area contributed by atoms with E-state index in [1.54, 1.807) is 13.2 Å². The van der Waals surface area contributed by atoms with Crippen LogP contribution in [-0.4, -0.2) is 62.8 Å². The second-order valence-electron chi connectivity index (χ2n) is 7.81. The van der Waals surface area contributed by atoms with Crippen LogP contribution in [0.15, 0.2) is 35.3 Å². The molecule has 29 heavy (non-hydrogen) atoms. The summed E-state index contributed by atoms with van der Waals surface area (Å²) in [7, 11) is 1.65. The Kier molecular flexibility index (Phi) is 5.41. The number of nitrogens with zero attached hydrogens (tertiary/aromatic N) is 5. The molecule has 1 aromatic carbocycles. The van der Waals surface area contributed by atoms with Gasteiger partial charge >= 0.3 is 0 Å². The zero-order valence-electron chi connectivity index (χ0n) is 17.5. The molecule has 154 valence electrons. The van der Waals surface area contributed by atoms with Gasteiger partial charge in [-0.05, 0) is 25.5 Å². The highest BCUT2D eigenvalue weighted by molar-refractivity contribution is 6.08. The molecular formula is C22H29N5O2. The molecule has 1 fully saturated rings. The van der Waals surface area contributed by atoms with Crippen molar-refractivity contribution in [2.45, 2.75) is 32.7 Å². The molecule has 2 aromatic heterocycles. The Morgan fingerprint density at radius 1 is 1.10 bits per heavy atom. The average molecular weight is 396 g/mol. The molecule has 1 aliphatic rings. The molecule has 0 spiro atoms. The summed E-state index contributed by atoms with van der Waals surface area (Å²) in [5.41, 5.74) is 1.31. The summed E-state index contributed by atoms with van der Waals surface area (Å²) in [6.45, 7) is 8.58. The number of piperazine rings is 1. The van der Waals surface area contributed by atoms with Crippen molar-refractivity contribution >= 4 is 27.7 Å². The average Bonchev–Trinajstić information content (AvgIpc) is 3.07. The summed E-state index contributed by atoms with van der Waals surface area (Å²) in [5.74, 6) is 0.102. The molecule has 0 aliphatic carbocycles. The maximum atomic E-state index is 13.5. The number of hydrogen-bond donors (Lipinski definition) is 0. The fourth-order valence-corrected chi connectivity index (χ4v) is 4.50. The molecule has 1 saturated heterocycles. The minimum absolute atomic E-state index is 0.102. The predicted octanol–water partition coefficient (Wildman–Crippen LogP) is 2.39. The Bertz CT molecular complexity index is 1090. The van der Waals surface area contributed by atoms with Crippen molar-refractivity contribution in [2.75, 3.05) is 32.7 Å². The lowest BCUT2D eigenvalue weighted by Crippen LogP contribution is -2.50. The van der Waals surface area contributed by atoms with Gasteiger partial charge in [0, 0.05) is 44.0 Å². The van der Waals surface area contributed by atoms with Gasteiger partial charge in [-0.3, -0.25) is 14.5 Å². The Morgan fingerprint density at radius 3 is 2.52 bits per heavy atom.